The van der Waals surface area contributed by atoms with Gasteiger partial charge < -0.3 is 4.90 Å². The summed E-state index contributed by atoms with van der Waals surface area (Å²) in [5.41, 5.74) is 3.23. The van der Waals surface area contributed by atoms with Crippen molar-refractivity contribution in [2.24, 2.45) is 0 Å². The number of unbranched alkanes of at least 4 members (excludes halogenated alkanes) is 1. The Hall–Kier alpha value is -1.56. The van der Waals surface area contributed by atoms with Crippen LogP contribution in [0.5, 0.6) is 0 Å². The Morgan fingerprint density at radius 2 is 2.22 bits per heavy atom. The molecule has 1 aromatic rings. The van der Waals surface area contributed by atoms with Crippen LogP contribution < -0.4 is 4.90 Å². The molecule has 0 aliphatic heterocycles. The highest BCUT2D eigenvalue weighted by Gasteiger charge is 2.19. The van der Waals surface area contributed by atoms with Gasteiger partial charge in [-0.25, -0.2) is 4.98 Å². The van der Waals surface area contributed by atoms with Gasteiger partial charge in [0.1, 0.15) is 11.9 Å². The number of hydrogen-bond donors (Lipinski definition) is 0. The summed E-state index contributed by atoms with van der Waals surface area (Å²) in [6.45, 7) is 6.23. The smallest absolute Gasteiger partial charge is 0.146 e. The summed E-state index contributed by atoms with van der Waals surface area (Å²) in [6.07, 6.45) is 5.65. The number of nitrogens with zero attached hydrogens (tertiary/aromatic N) is 3. The lowest BCUT2D eigenvalue weighted by molar-refractivity contribution is 0.721. The summed E-state index contributed by atoms with van der Waals surface area (Å²) in [5.74, 6) is 0.897. The lowest BCUT2D eigenvalue weighted by Crippen LogP contribution is -2.26. The van der Waals surface area contributed by atoms with E-state index in [1.165, 1.54) is 24.1 Å². The van der Waals surface area contributed by atoms with E-state index >= 15 is 0 Å². The zero-order valence-corrected chi connectivity index (χ0v) is 11.4. The second-order valence-corrected chi connectivity index (χ2v) is 4.86. The van der Waals surface area contributed by atoms with Gasteiger partial charge in [-0.2, -0.15) is 5.26 Å². The van der Waals surface area contributed by atoms with Gasteiger partial charge in [0.2, 0.25) is 0 Å². The number of rotatable bonds is 5. The molecule has 2 rings (SSSR count). The van der Waals surface area contributed by atoms with E-state index < -0.39 is 0 Å². The molecule has 0 atom stereocenters. The van der Waals surface area contributed by atoms with Gasteiger partial charge in [-0.05, 0) is 44.2 Å². The van der Waals surface area contributed by atoms with Crippen molar-refractivity contribution in [3.05, 3.63) is 22.9 Å². The molecule has 0 saturated carbocycles. The number of aromatic nitrogens is 1. The van der Waals surface area contributed by atoms with Crippen LogP contribution in [0.25, 0.3) is 0 Å². The normalized spacial score (nSPS) is 13.2. The maximum Gasteiger partial charge on any atom is 0.146 e. The number of pyridine rings is 1. The fourth-order valence-corrected chi connectivity index (χ4v) is 2.55. The van der Waals surface area contributed by atoms with E-state index in [4.69, 9.17) is 4.98 Å². The zero-order valence-electron chi connectivity index (χ0n) is 11.4. The van der Waals surface area contributed by atoms with E-state index in [0.717, 1.165) is 43.7 Å². The summed E-state index contributed by atoms with van der Waals surface area (Å²) in [5, 5.41) is 9.30. The Morgan fingerprint density at radius 3 is 2.89 bits per heavy atom. The summed E-state index contributed by atoms with van der Waals surface area (Å²) in [6, 6.07) is 4.37. The molecule has 0 saturated heterocycles. The first kappa shape index (κ1) is 12.9. The highest BCUT2D eigenvalue weighted by molar-refractivity contribution is 5.56. The number of anilines is 1. The zero-order chi connectivity index (χ0) is 13.0. The third-order valence-electron chi connectivity index (χ3n) is 3.61. The van der Waals surface area contributed by atoms with Crippen molar-refractivity contribution in [3.8, 4) is 6.07 Å². The first-order valence-electron chi connectivity index (χ1n) is 6.98. The Bertz CT molecular complexity index is 460. The van der Waals surface area contributed by atoms with E-state index in [9.17, 15) is 5.26 Å². The first-order valence-corrected chi connectivity index (χ1v) is 6.98. The highest BCUT2D eigenvalue weighted by atomic mass is 15.2. The highest BCUT2D eigenvalue weighted by Crippen LogP contribution is 2.27. The average Bonchev–Trinajstić information content (AvgIpc) is 2.85. The van der Waals surface area contributed by atoms with Crippen LogP contribution in [0.3, 0.4) is 0 Å². The van der Waals surface area contributed by atoms with Crippen LogP contribution in [0.2, 0.25) is 0 Å². The molecule has 3 heteroatoms. The van der Waals surface area contributed by atoms with Crippen LogP contribution in [-0.4, -0.2) is 18.1 Å². The maximum atomic E-state index is 9.30. The molecule has 0 fully saturated rings. The minimum atomic E-state index is 0.744. The lowest BCUT2D eigenvalue weighted by atomic mass is 10.1. The standard InChI is InChI=1S/C15H21N3/c1-3-5-9-18(4-2)15-13(11-16)10-12-7-6-8-14(12)17-15/h10H,3-9H2,1-2H3. The Kier molecular flexibility index (Phi) is 4.19. The van der Waals surface area contributed by atoms with Crippen LogP contribution in [0.1, 0.15) is 49.9 Å². The van der Waals surface area contributed by atoms with Crippen LogP contribution in [0.4, 0.5) is 5.82 Å². The molecule has 1 aliphatic rings. The second kappa shape index (κ2) is 5.86. The topological polar surface area (TPSA) is 39.9 Å². The Morgan fingerprint density at radius 1 is 1.39 bits per heavy atom. The second-order valence-electron chi connectivity index (χ2n) is 4.86. The largest absolute Gasteiger partial charge is 0.356 e. The first-order chi connectivity index (χ1) is 8.80. The number of hydrogen-bond acceptors (Lipinski definition) is 3. The number of nitriles is 1. The van der Waals surface area contributed by atoms with Crippen LogP contribution >= 0.6 is 0 Å². The lowest BCUT2D eigenvalue weighted by Gasteiger charge is -2.23. The molecule has 0 N–H and O–H groups in total. The van der Waals surface area contributed by atoms with Gasteiger partial charge in [-0.3, -0.25) is 0 Å². The molecule has 3 nitrogen and oxygen atoms in total. The monoisotopic (exact) mass is 243 g/mol. The van der Waals surface area contributed by atoms with Gasteiger partial charge >= 0.3 is 0 Å². The van der Waals surface area contributed by atoms with Crippen molar-refractivity contribution in [2.75, 3.05) is 18.0 Å². The molecular formula is C15H21N3. The van der Waals surface area contributed by atoms with E-state index in [1.807, 2.05) is 0 Å². The van der Waals surface area contributed by atoms with Crippen LogP contribution in [-0.2, 0) is 12.8 Å². The minimum absolute atomic E-state index is 0.744. The summed E-state index contributed by atoms with van der Waals surface area (Å²) < 4.78 is 0. The van der Waals surface area contributed by atoms with Crippen molar-refractivity contribution < 1.29 is 0 Å². The minimum Gasteiger partial charge on any atom is -0.356 e. The molecule has 0 unspecified atom stereocenters. The molecule has 1 aromatic heterocycles. The van der Waals surface area contributed by atoms with E-state index in [1.54, 1.807) is 0 Å². The van der Waals surface area contributed by atoms with Gasteiger partial charge in [-0.15, -0.1) is 0 Å². The van der Waals surface area contributed by atoms with Gasteiger partial charge in [0.15, 0.2) is 0 Å². The number of aryl methyl sites for hydroxylation is 2. The fraction of sp³-hybridized carbons (Fsp3) is 0.600. The Balaban J connectivity index is 2.33. The number of fused-ring (bicyclic) bond motifs is 1. The van der Waals surface area contributed by atoms with Crippen molar-refractivity contribution in [3.63, 3.8) is 0 Å². The predicted molar refractivity (Wildman–Crippen MR) is 73.8 cm³/mol. The molecule has 1 heterocycles. The van der Waals surface area contributed by atoms with Gasteiger partial charge in [-0.1, -0.05) is 13.3 Å². The van der Waals surface area contributed by atoms with Crippen molar-refractivity contribution in [2.45, 2.75) is 46.0 Å². The van der Waals surface area contributed by atoms with Gasteiger partial charge in [0, 0.05) is 18.8 Å². The quantitative estimate of drug-likeness (QED) is 0.798. The molecule has 0 spiro atoms. The molecule has 1 aliphatic carbocycles. The molecule has 18 heavy (non-hydrogen) atoms. The van der Waals surface area contributed by atoms with Crippen LogP contribution in [0, 0.1) is 11.3 Å². The third-order valence-corrected chi connectivity index (χ3v) is 3.61. The molecule has 0 aromatic carbocycles. The third kappa shape index (κ3) is 2.48. The molecule has 0 amide bonds. The molecule has 96 valence electrons. The van der Waals surface area contributed by atoms with Crippen molar-refractivity contribution >= 4 is 5.82 Å². The maximum absolute atomic E-state index is 9.30. The van der Waals surface area contributed by atoms with E-state index in [-0.39, 0.29) is 0 Å². The summed E-state index contributed by atoms with van der Waals surface area (Å²) in [7, 11) is 0. The molecular weight excluding hydrogens is 222 g/mol. The molecule has 0 radical (unpaired) electrons. The van der Waals surface area contributed by atoms with Crippen molar-refractivity contribution in [1.82, 2.24) is 4.98 Å². The fourth-order valence-electron chi connectivity index (χ4n) is 2.55. The SMILES string of the molecule is CCCCN(CC)c1nc2c(cc1C#N)CCC2. The molecule has 0 bridgehead atoms. The van der Waals surface area contributed by atoms with Gasteiger partial charge in [0.25, 0.3) is 0 Å². The van der Waals surface area contributed by atoms with E-state index in [0.29, 0.717) is 0 Å². The predicted octanol–water partition coefficient (Wildman–Crippen LogP) is 3.07. The van der Waals surface area contributed by atoms with Gasteiger partial charge in [0.05, 0.1) is 5.56 Å². The average molecular weight is 243 g/mol. The van der Waals surface area contributed by atoms with Crippen LogP contribution in [0.15, 0.2) is 6.07 Å². The van der Waals surface area contributed by atoms with E-state index in [2.05, 4.69) is 30.9 Å². The Labute approximate surface area is 109 Å². The van der Waals surface area contributed by atoms with Crippen molar-refractivity contribution in [1.29, 1.82) is 5.26 Å². The summed E-state index contributed by atoms with van der Waals surface area (Å²) >= 11 is 0. The summed E-state index contributed by atoms with van der Waals surface area (Å²) in [4.78, 5) is 6.99.